The van der Waals surface area contributed by atoms with Crippen molar-refractivity contribution in [3.63, 3.8) is 0 Å². The van der Waals surface area contributed by atoms with Crippen LogP contribution in [0.5, 0.6) is 0 Å². The Bertz CT molecular complexity index is 892. The fraction of sp³-hybridized carbons (Fsp3) is 0.385. The molecule has 1 fully saturated rings. The molecule has 2 aromatic rings. The maximum atomic E-state index is 2.47. The van der Waals surface area contributed by atoms with Crippen molar-refractivity contribution in [2.75, 3.05) is 0 Å². The highest BCUT2D eigenvalue weighted by Crippen LogP contribution is 2.43. The molecule has 27 heavy (non-hydrogen) atoms. The summed E-state index contributed by atoms with van der Waals surface area (Å²) in [5.41, 5.74) is 11.8. The number of aryl methyl sites for hydroxylation is 2. The van der Waals surface area contributed by atoms with Crippen molar-refractivity contribution in [3.05, 3.63) is 79.6 Å². The van der Waals surface area contributed by atoms with Crippen LogP contribution in [0.1, 0.15) is 74.4 Å². The number of rotatable bonds is 6. The number of hydrogen-bond donors (Lipinski definition) is 0. The van der Waals surface area contributed by atoms with Crippen LogP contribution >= 0.6 is 11.3 Å². The van der Waals surface area contributed by atoms with E-state index in [1.165, 1.54) is 64.0 Å². The molecule has 0 spiro atoms. The summed E-state index contributed by atoms with van der Waals surface area (Å²) < 4.78 is 0. The van der Waals surface area contributed by atoms with Gasteiger partial charge in [0.1, 0.15) is 0 Å². The zero-order valence-corrected chi connectivity index (χ0v) is 18.3. The van der Waals surface area contributed by atoms with E-state index in [9.17, 15) is 0 Å². The Morgan fingerprint density at radius 3 is 2.33 bits per heavy atom. The van der Waals surface area contributed by atoms with E-state index in [0.29, 0.717) is 0 Å². The van der Waals surface area contributed by atoms with Gasteiger partial charge in [0.2, 0.25) is 0 Å². The summed E-state index contributed by atoms with van der Waals surface area (Å²) in [5.74, 6) is 0. The molecule has 1 aromatic heterocycles. The molecule has 0 unspecified atom stereocenters. The lowest BCUT2D eigenvalue weighted by Gasteiger charge is -2.28. The average Bonchev–Trinajstić information content (AvgIpc) is 2.98. The fourth-order valence-electron chi connectivity index (χ4n) is 3.95. The second kappa shape index (κ2) is 8.89. The minimum atomic E-state index is 1.14. The minimum Gasteiger partial charge on any atom is -0.149 e. The lowest BCUT2D eigenvalue weighted by atomic mass is 9.77. The molecule has 0 amide bonds. The van der Waals surface area contributed by atoms with E-state index in [2.05, 4.69) is 76.4 Å². The predicted octanol–water partition coefficient (Wildman–Crippen LogP) is 8.52. The molecule has 0 N–H and O–H groups in total. The van der Waals surface area contributed by atoms with E-state index in [-0.39, 0.29) is 0 Å². The van der Waals surface area contributed by atoms with Gasteiger partial charge in [0.05, 0.1) is 0 Å². The van der Waals surface area contributed by atoms with Crippen molar-refractivity contribution < 1.29 is 0 Å². The van der Waals surface area contributed by atoms with Crippen molar-refractivity contribution in [3.8, 4) is 0 Å². The van der Waals surface area contributed by atoms with Gasteiger partial charge in [0.25, 0.3) is 0 Å². The molecular weight excluding hydrogens is 344 g/mol. The molecule has 0 aliphatic heterocycles. The molecule has 1 aliphatic carbocycles. The summed E-state index contributed by atoms with van der Waals surface area (Å²) in [4.78, 5) is 1.41. The first-order chi connectivity index (χ1) is 13.0. The van der Waals surface area contributed by atoms with Gasteiger partial charge in [0, 0.05) is 4.88 Å². The first-order valence-corrected chi connectivity index (χ1v) is 11.1. The Kier molecular flexibility index (Phi) is 6.55. The normalized spacial score (nSPS) is 14.1. The standard InChI is InChI=1S/C26H32S/c1-6-10-23(17-22-15-16-27-20(22)5)26(21-12-9-13-21)25(18(2)3)24-14-8-7-11-19(24)4/h7-8,11,14-17H,6,9-10,12-13H2,1-5H3/b23-17+. The van der Waals surface area contributed by atoms with Crippen molar-refractivity contribution in [2.24, 2.45) is 0 Å². The van der Waals surface area contributed by atoms with Crippen molar-refractivity contribution in [2.45, 2.75) is 66.7 Å². The van der Waals surface area contributed by atoms with E-state index in [1.54, 1.807) is 11.1 Å². The third-order valence-electron chi connectivity index (χ3n) is 5.54. The monoisotopic (exact) mass is 376 g/mol. The van der Waals surface area contributed by atoms with Gasteiger partial charge in [0.15, 0.2) is 0 Å². The second-order valence-corrected chi connectivity index (χ2v) is 8.99. The highest BCUT2D eigenvalue weighted by atomic mass is 32.1. The summed E-state index contributed by atoms with van der Waals surface area (Å²) in [6.07, 6.45) is 8.62. The van der Waals surface area contributed by atoms with Gasteiger partial charge < -0.3 is 0 Å². The van der Waals surface area contributed by atoms with Crippen molar-refractivity contribution in [1.82, 2.24) is 0 Å². The van der Waals surface area contributed by atoms with Crippen LogP contribution in [0.15, 0.2) is 58.0 Å². The van der Waals surface area contributed by atoms with E-state index >= 15 is 0 Å². The highest BCUT2D eigenvalue weighted by Gasteiger charge is 2.23. The Morgan fingerprint density at radius 1 is 1.07 bits per heavy atom. The maximum absolute atomic E-state index is 2.47. The van der Waals surface area contributed by atoms with Crippen LogP contribution in [0.4, 0.5) is 0 Å². The molecule has 0 atom stereocenters. The third kappa shape index (κ3) is 4.35. The van der Waals surface area contributed by atoms with Gasteiger partial charge >= 0.3 is 0 Å². The molecule has 0 nitrogen and oxygen atoms in total. The summed E-state index contributed by atoms with van der Waals surface area (Å²) in [5, 5.41) is 2.21. The molecule has 1 heterocycles. The number of allylic oxidation sites excluding steroid dienone is 5. The van der Waals surface area contributed by atoms with Crippen LogP contribution in [0.2, 0.25) is 0 Å². The summed E-state index contributed by atoms with van der Waals surface area (Å²) in [6.45, 7) is 11.3. The zero-order valence-electron chi connectivity index (χ0n) is 17.5. The quantitative estimate of drug-likeness (QED) is 0.474. The molecule has 1 saturated carbocycles. The molecule has 0 radical (unpaired) electrons. The lowest BCUT2D eigenvalue weighted by Crippen LogP contribution is -2.08. The van der Waals surface area contributed by atoms with E-state index in [0.717, 1.165) is 6.42 Å². The molecule has 3 rings (SSSR count). The van der Waals surface area contributed by atoms with Crippen LogP contribution in [0.25, 0.3) is 11.6 Å². The zero-order chi connectivity index (χ0) is 19.4. The third-order valence-corrected chi connectivity index (χ3v) is 6.41. The second-order valence-electron chi connectivity index (χ2n) is 7.87. The molecular formula is C26H32S. The molecule has 1 aliphatic rings. The largest absolute Gasteiger partial charge is 0.149 e. The topological polar surface area (TPSA) is 0 Å². The Morgan fingerprint density at radius 2 is 1.81 bits per heavy atom. The molecule has 142 valence electrons. The van der Waals surface area contributed by atoms with E-state index in [1.807, 2.05) is 11.3 Å². The van der Waals surface area contributed by atoms with Crippen LogP contribution in [0, 0.1) is 13.8 Å². The van der Waals surface area contributed by atoms with Gasteiger partial charge in [-0.3, -0.25) is 0 Å². The number of hydrogen-bond acceptors (Lipinski definition) is 1. The van der Waals surface area contributed by atoms with Crippen molar-refractivity contribution >= 4 is 23.0 Å². The summed E-state index contributed by atoms with van der Waals surface area (Å²) >= 11 is 1.85. The van der Waals surface area contributed by atoms with Crippen molar-refractivity contribution in [1.29, 1.82) is 0 Å². The van der Waals surface area contributed by atoms with Gasteiger partial charge in [-0.05, 0) is 98.2 Å². The lowest BCUT2D eigenvalue weighted by molar-refractivity contribution is 0.655. The summed E-state index contributed by atoms with van der Waals surface area (Å²) in [7, 11) is 0. The SMILES string of the molecule is CCC/C(=C\c1ccsc1C)C(=C1CCC1)C(=C(C)C)c1ccccc1C. The molecule has 1 aromatic carbocycles. The van der Waals surface area contributed by atoms with Crippen LogP contribution < -0.4 is 0 Å². The number of thiophene rings is 1. The highest BCUT2D eigenvalue weighted by molar-refractivity contribution is 7.10. The predicted molar refractivity (Wildman–Crippen MR) is 122 cm³/mol. The summed E-state index contributed by atoms with van der Waals surface area (Å²) in [6, 6.07) is 11.1. The van der Waals surface area contributed by atoms with Gasteiger partial charge in [-0.1, -0.05) is 54.8 Å². The maximum Gasteiger partial charge on any atom is 0.00866 e. The Labute approximate surface area is 169 Å². The average molecular weight is 377 g/mol. The fourth-order valence-corrected chi connectivity index (χ4v) is 4.63. The first-order valence-electron chi connectivity index (χ1n) is 10.2. The molecule has 0 saturated heterocycles. The van der Waals surface area contributed by atoms with Crippen LogP contribution in [-0.4, -0.2) is 0 Å². The Hall–Kier alpha value is -1.86. The smallest absolute Gasteiger partial charge is 0.00866 e. The van der Waals surface area contributed by atoms with Crippen LogP contribution in [0.3, 0.4) is 0 Å². The van der Waals surface area contributed by atoms with Gasteiger partial charge in [-0.25, -0.2) is 0 Å². The molecule has 0 bridgehead atoms. The van der Waals surface area contributed by atoms with Gasteiger partial charge in [-0.15, -0.1) is 11.3 Å². The first kappa shape index (κ1) is 19.9. The van der Waals surface area contributed by atoms with E-state index < -0.39 is 0 Å². The van der Waals surface area contributed by atoms with Gasteiger partial charge in [-0.2, -0.15) is 0 Å². The van der Waals surface area contributed by atoms with E-state index in [4.69, 9.17) is 0 Å². The van der Waals surface area contributed by atoms with Crippen LogP contribution in [-0.2, 0) is 0 Å². The minimum absolute atomic E-state index is 1.14. The Balaban J connectivity index is 2.21. The number of benzene rings is 1. The molecule has 1 heteroatoms.